The number of nitrogens with two attached hydrogens (primary N) is 1. The van der Waals surface area contributed by atoms with Gasteiger partial charge >= 0.3 is 0 Å². The first kappa shape index (κ1) is 24.8. The van der Waals surface area contributed by atoms with Crippen molar-refractivity contribution in [3.8, 4) is 11.4 Å². The largest absolute Gasteiger partial charge is 0.399 e. The van der Waals surface area contributed by atoms with E-state index < -0.39 is 11.4 Å². The molecule has 1 aliphatic rings. The van der Waals surface area contributed by atoms with Gasteiger partial charge in [0.15, 0.2) is 11.6 Å². The van der Waals surface area contributed by atoms with Crippen molar-refractivity contribution in [3.63, 3.8) is 0 Å². The van der Waals surface area contributed by atoms with Gasteiger partial charge in [0.25, 0.3) is 5.91 Å². The second-order valence-electron chi connectivity index (χ2n) is 9.25. The van der Waals surface area contributed by atoms with Gasteiger partial charge in [-0.05, 0) is 44.2 Å². The molecule has 0 saturated carbocycles. The Labute approximate surface area is 217 Å². The first-order valence-corrected chi connectivity index (χ1v) is 12.6. The minimum absolute atomic E-state index is 0.167. The molecule has 0 spiro atoms. The van der Waals surface area contributed by atoms with Crippen molar-refractivity contribution in [2.24, 2.45) is 0 Å². The van der Waals surface area contributed by atoms with Crippen molar-refractivity contribution >= 4 is 44.9 Å². The van der Waals surface area contributed by atoms with Gasteiger partial charge in [0, 0.05) is 48.7 Å². The molecule has 0 bridgehead atoms. The van der Waals surface area contributed by atoms with Gasteiger partial charge in [-0.1, -0.05) is 0 Å². The minimum atomic E-state index is -0.663. The van der Waals surface area contributed by atoms with E-state index in [2.05, 4.69) is 34.8 Å². The van der Waals surface area contributed by atoms with Crippen LogP contribution in [0.15, 0.2) is 42.7 Å². The van der Waals surface area contributed by atoms with E-state index in [1.165, 1.54) is 12.4 Å². The highest BCUT2D eigenvalue weighted by Crippen LogP contribution is 2.41. The van der Waals surface area contributed by atoms with Crippen LogP contribution < -0.4 is 21.0 Å². The molecular weight excluding hydrogens is 492 g/mol. The molecule has 0 unspecified atom stereocenters. The van der Waals surface area contributed by atoms with Gasteiger partial charge in [-0.25, -0.2) is 25.4 Å². The Hall–Kier alpha value is -3.87. The molecule has 0 radical (unpaired) electrons. The molecule has 3 aromatic heterocycles. The standard InChI is InChI=1S/C25H28N8O3S/c1-25(2,32(3)24-27-13-16(14-28-24)23(34)31-35)19-12-18-20(37-19)22(33-8-10-36-11-9-33)30-21(29-18)15-4-6-17(26)7-5-15/h4-7,12-14,35H,8-11,26H2,1-3H3,(H,31,34). The highest BCUT2D eigenvalue weighted by Gasteiger charge is 2.31. The minimum Gasteiger partial charge on any atom is -0.399 e. The molecule has 4 N–H and O–H groups in total. The summed E-state index contributed by atoms with van der Waals surface area (Å²) in [5.74, 6) is 1.32. The SMILES string of the molecule is CN(c1ncc(C(=O)NO)cn1)C(C)(C)c1cc2nc(-c3ccc(N)cc3)nc(N3CCOCC3)c2s1. The van der Waals surface area contributed by atoms with E-state index in [4.69, 9.17) is 25.6 Å². The Morgan fingerprint density at radius 3 is 2.49 bits per heavy atom. The highest BCUT2D eigenvalue weighted by atomic mass is 32.1. The molecule has 1 aliphatic heterocycles. The molecule has 5 rings (SSSR count). The lowest BCUT2D eigenvalue weighted by atomic mass is 10.0. The molecule has 192 valence electrons. The summed E-state index contributed by atoms with van der Waals surface area (Å²) in [7, 11) is 1.90. The van der Waals surface area contributed by atoms with Crippen LogP contribution in [0.5, 0.6) is 0 Å². The summed E-state index contributed by atoms with van der Waals surface area (Å²) in [6.07, 6.45) is 2.76. The Balaban J connectivity index is 1.56. The van der Waals surface area contributed by atoms with Gasteiger partial charge in [0.05, 0.1) is 34.5 Å². The third-order valence-corrected chi connectivity index (χ3v) is 8.01. The molecule has 11 nitrogen and oxygen atoms in total. The van der Waals surface area contributed by atoms with Crippen molar-refractivity contribution in [1.29, 1.82) is 0 Å². The number of ether oxygens (including phenoxy) is 1. The molecule has 4 heterocycles. The van der Waals surface area contributed by atoms with Gasteiger partial charge in [-0.15, -0.1) is 11.3 Å². The first-order valence-electron chi connectivity index (χ1n) is 11.8. The van der Waals surface area contributed by atoms with Crippen molar-refractivity contribution in [2.75, 3.05) is 48.9 Å². The summed E-state index contributed by atoms with van der Waals surface area (Å²) in [4.78, 5) is 35.5. The predicted molar refractivity (Wildman–Crippen MR) is 143 cm³/mol. The number of nitrogens with one attached hydrogen (secondary N) is 1. The predicted octanol–water partition coefficient (Wildman–Crippen LogP) is 3.06. The van der Waals surface area contributed by atoms with Crippen LogP contribution in [0.1, 0.15) is 29.1 Å². The Morgan fingerprint density at radius 2 is 1.84 bits per heavy atom. The zero-order valence-corrected chi connectivity index (χ0v) is 21.6. The quantitative estimate of drug-likeness (QED) is 0.197. The van der Waals surface area contributed by atoms with Gasteiger partial charge in [0.1, 0.15) is 0 Å². The number of nitrogens with zero attached hydrogens (tertiary/aromatic N) is 6. The third-order valence-electron chi connectivity index (χ3n) is 6.58. The fourth-order valence-corrected chi connectivity index (χ4v) is 5.31. The normalized spacial score (nSPS) is 14.1. The summed E-state index contributed by atoms with van der Waals surface area (Å²) < 4.78 is 6.58. The van der Waals surface area contributed by atoms with Gasteiger partial charge in [-0.2, -0.15) is 0 Å². The van der Waals surface area contributed by atoms with E-state index in [0.29, 0.717) is 30.7 Å². The van der Waals surface area contributed by atoms with E-state index in [1.807, 2.05) is 36.2 Å². The summed E-state index contributed by atoms with van der Waals surface area (Å²) in [5, 5.41) is 8.84. The van der Waals surface area contributed by atoms with E-state index in [0.717, 1.165) is 39.6 Å². The number of nitrogen functional groups attached to an aromatic ring is 1. The fourth-order valence-electron chi connectivity index (χ4n) is 4.06. The van der Waals surface area contributed by atoms with Crippen molar-refractivity contribution in [3.05, 3.63) is 53.2 Å². The third kappa shape index (κ3) is 4.78. The molecule has 1 aromatic carbocycles. The van der Waals surface area contributed by atoms with E-state index in [9.17, 15) is 4.79 Å². The van der Waals surface area contributed by atoms with Gasteiger partial charge in [-0.3, -0.25) is 10.0 Å². The summed E-state index contributed by atoms with van der Waals surface area (Å²) in [5.41, 5.74) is 9.59. The molecule has 1 amide bonds. The molecule has 0 atom stereocenters. The van der Waals surface area contributed by atoms with Gasteiger partial charge < -0.3 is 20.3 Å². The number of morpholine rings is 1. The lowest BCUT2D eigenvalue weighted by Gasteiger charge is -2.34. The second kappa shape index (κ2) is 9.88. The monoisotopic (exact) mass is 520 g/mol. The van der Waals surface area contributed by atoms with E-state index >= 15 is 0 Å². The number of anilines is 3. The van der Waals surface area contributed by atoms with Crippen molar-refractivity contribution in [2.45, 2.75) is 19.4 Å². The van der Waals surface area contributed by atoms with Crippen LogP contribution in [-0.2, 0) is 10.3 Å². The Bertz CT molecular complexity index is 1420. The maximum absolute atomic E-state index is 11.6. The molecular formula is C25H28N8O3S. The zero-order valence-electron chi connectivity index (χ0n) is 20.8. The van der Waals surface area contributed by atoms with Crippen LogP contribution in [-0.4, -0.2) is 64.4 Å². The molecule has 4 aromatic rings. The van der Waals surface area contributed by atoms with Crippen molar-refractivity contribution in [1.82, 2.24) is 25.4 Å². The van der Waals surface area contributed by atoms with Crippen LogP contribution >= 0.6 is 11.3 Å². The molecule has 37 heavy (non-hydrogen) atoms. The van der Waals surface area contributed by atoms with Crippen LogP contribution in [0.25, 0.3) is 21.6 Å². The topological polar surface area (TPSA) is 143 Å². The van der Waals surface area contributed by atoms with E-state index in [1.54, 1.807) is 16.8 Å². The number of carbonyl (C=O) groups excluding carboxylic acids is 1. The fraction of sp³-hybridized carbons (Fsp3) is 0.320. The summed E-state index contributed by atoms with van der Waals surface area (Å²) in [6, 6.07) is 9.66. The summed E-state index contributed by atoms with van der Waals surface area (Å²) >= 11 is 1.64. The molecule has 0 aliphatic carbocycles. The zero-order chi connectivity index (χ0) is 26.2. The van der Waals surface area contributed by atoms with E-state index in [-0.39, 0.29) is 5.56 Å². The first-order chi connectivity index (χ1) is 17.8. The van der Waals surface area contributed by atoms with Crippen LogP contribution in [0.3, 0.4) is 0 Å². The smallest absolute Gasteiger partial charge is 0.277 e. The Morgan fingerprint density at radius 1 is 1.16 bits per heavy atom. The molecule has 1 fully saturated rings. The maximum Gasteiger partial charge on any atom is 0.277 e. The number of benzene rings is 1. The highest BCUT2D eigenvalue weighted by molar-refractivity contribution is 7.19. The maximum atomic E-state index is 11.6. The average Bonchev–Trinajstić information content (AvgIpc) is 3.38. The van der Waals surface area contributed by atoms with Crippen LogP contribution in [0.4, 0.5) is 17.5 Å². The van der Waals surface area contributed by atoms with Gasteiger partial charge in [0.2, 0.25) is 5.95 Å². The Kier molecular flexibility index (Phi) is 6.63. The molecule has 1 saturated heterocycles. The second-order valence-corrected chi connectivity index (χ2v) is 10.3. The summed E-state index contributed by atoms with van der Waals surface area (Å²) in [6.45, 7) is 6.97. The van der Waals surface area contributed by atoms with Crippen LogP contribution in [0.2, 0.25) is 0 Å². The average molecular weight is 521 g/mol. The number of hydrogen-bond donors (Lipinski definition) is 3. The number of fused-ring (bicyclic) bond motifs is 1. The number of aromatic nitrogens is 4. The number of carbonyl (C=O) groups is 1. The number of thiophene rings is 1. The van der Waals surface area contributed by atoms with Crippen LogP contribution in [0, 0.1) is 0 Å². The van der Waals surface area contributed by atoms with Crippen molar-refractivity contribution < 1.29 is 14.7 Å². The number of amides is 1. The number of hydrogen-bond acceptors (Lipinski definition) is 11. The lowest BCUT2D eigenvalue weighted by Crippen LogP contribution is -2.39. The number of hydroxylamine groups is 1. The lowest BCUT2D eigenvalue weighted by molar-refractivity contribution is 0.0705. The molecule has 12 heteroatoms. The number of rotatable bonds is 6.